The van der Waals surface area contributed by atoms with E-state index in [0.29, 0.717) is 0 Å². The quantitative estimate of drug-likeness (QED) is 0.465. The maximum absolute atomic E-state index is 6.50. The third kappa shape index (κ3) is 9.37. The van der Waals surface area contributed by atoms with Gasteiger partial charge in [-0.2, -0.15) is 0 Å². The Morgan fingerprint density at radius 3 is 2.10 bits per heavy atom. The summed E-state index contributed by atoms with van der Waals surface area (Å²) in [7, 11) is 0. The van der Waals surface area contributed by atoms with Crippen molar-refractivity contribution in [2.75, 3.05) is 13.1 Å². The molecule has 1 aliphatic rings. The number of unbranched alkanes of at least 4 members (excludes halogenated alkanes) is 7. The molecule has 1 atom stereocenters. The highest BCUT2D eigenvalue weighted by molar-refractivity contribution is 4.78. The largest absolute Gasteiger partial charge is 0.300 e. The monoisotopic (exact) mass is 280 g/mol. The van der Waals surface area contributed by atoms with Gasteiger partial charge < -0.3 is 4.90 Å². The Bertz CT molecular complexity index is 213. The maximum Gasteiger partial charge on any atom is 0.0462 e. The van der Waals surface area contributed by atoms with Crippen molar-refractivity contribution in [1.29, 1.82) is 5.26 Å². The lowest BCUT2D eigenvalue weighted by Gasteiger charge is -2.23. The van der Waals surface area contributed by atoms with Gasteiger partial charge in [0.15, 0.2) is 0 Å². The molecule has 2 heteroatoms. The van der Waals surface area contributed by atoms with Crippen LogP contribution in [0.3, 0.4) is 0 Å². The molecule has 0 saturated carbocycles. The van der Waals surface area contributed by atoms with Crippen molar-refractivity contribution in [3.05, 3.63) is 0 Å². The van der Waals surface area contributed by atoms with E-state index in [9.17, 15) is 0 Å². The summed E-state index contributed by atoms with van der Waals surface area (Å²) in [6, 6.07) is 0.930. The van der Waals surface area contributed by atoms with Gasteiger partial charge in [0, 0.05) is 12.6 Å². The Morgan fingerprint density at radius 2 is 1.50 bits per heavy atom. The average molecular weight is 280 g/mol. The van der Waals surface area contributed by atoms with Crippen molar-refractivity contribution in [2.24, 2.45) is 0 Å². The molecule has 0 amide bonds. The topological polar surface area (TPSA) is 27.0 Å². The number of rotatable bonds is 11. The molecule has 0 N–H and O–H groups in total. The smallest absolute Gasteiger partial charge is 0.0462 e. The summed E-state index contributed by atoms with van der Waals surface area (Å²) in [4.78, 5) is 2.76. The van der Waals surface area contributed by atoms with Gasteiger partial charge in [-0.1, -0.05) is 65.2 Å². The van der Waals surface area contributed by atoms with Crippen LogP contribution in [0.25, 0.3) is 0 Å². The van der Waals surface area contributed by atoms with Gasteiger partial charge in [0.05, 0.1) is 0 Å². The van der Waals surface area contributed by atoms with Crippen molar-refractivity contribution in [1.82, 2.24) is 4.90 Å². The summed E-state index contributed by atoms with van der Waals surface area (Å²) in [6.07, 6.45) is 17.3. The van der Waals surface area contributed by atoms with Crippen LogP contribution in [-0.2, 0) is 0 Å². The number of nitriles is 1. The number of hydrogen-bond acceptors (Lipinski definition) is 2. The molecule has 0 bridgehead atoms. The Morgan fingerprint density at radius 1 is 0.900 bits per heavy atom. The van der Waals surface area contributed by atoms with Gasteiger partial charge in [-0.25, -0.2) is 5.26 Å². The number of likely N-dealkylation sites (tertiary alicyclic amines) is 1. The van der Waals surface area contributed by atoms with Crippen LogP contribution >= 0.6 is 0 Å². The van der Waals surface area contributed by atoms with E-state index in [1.807, 2.05) is 0 Å². The molecule has 118 valence electrons. The summed E-state index contributed by atoms with van der Waals surface area (Å²) in [5, 5.41) is 6.50. The van der Waals surface area contributed by atoms with E-state index in [4.69, 9.17) is 5.26 Å². The van der Waals surface area contributed by atoms with Gasteiger partial charge >= 0.3 is 0 Å². The first-order valence-electron chi connectivity index (χ1n) is 8.88. The Balaban J connectivity index is 0.00000172. The van der Waals surface area contributed by atoms with Crippen LogP contribution in [0.5, 0.6) is 0 Å². The fourth-order valence-corrected chi connectivity index (χ4v) is 3.30. The van der Waals surface area contributed by atoms with Gasteiger partial charge in [-0.15, -0.1) is 0 Å². The first-order valence-corrected chi connectivity index (χ1v) is 8.88. The van der Waals surface area contributed by atoms with Crippen LogP contribution in [-0.4, -0.2) is 24.0 Å². The molecule has 1 unspecified atom stereocenters. The highest BCUT2D eigenvalue weighted by atomic mass is 15.2. The molecule has 0 radical (unpaired) electrons. The molecule has 20 heavy (non-hydrogen) atoms. The molecule has 2 nitrogen and oxygen atoms in total. The lowest BCUT2D eigenvalue weighted by molar-refractivity contribution is 0.236. The molecule has 0 aromatic heterocycles. The predicted octanol–water partition coefficient (Wildman–Crippen LogP) is 5.53. The van der Waals surface area contributed by atoms with Gasteiger partial charge in [-0.05, 0) is 38.8 Å². The lowest BCUT2D eigenvalue weighted by Crippen LogP contribution is -2.30. The second kappa shape index (κ2) is 14.9. The molecule has 0 aromatic rings. The summed E-state index contributed by atoms with van der Waals surface area (Å²) in [5.41, 5.74) is 0. The van der Waals surface area contributed by atoms with Crippen molar-refractivity contribution < 1.29 is 0 Å². The lowest BCUT2D eigenvalue weighted by atomic mass is 10.1. The zero-order chi connectivity index (χ0) is 15.1. The average Bonchev–Trinajstić information content (AvgIpc) is 2.92. The minimum absolute atomic E-state index is 0.930. The molecule has 1 aliphatic heterocycles. The van der Waals surface area contributed by atoms with E-state index in [1.165, 1.54) is 90.1 Å². The van der Waals surface area contributed by atoms with E-state index in [0.717, 1.165) is 6.04 Å². The van der Waals surface area contributed by atoms with Crippen molar-refractivity contribution in [3.8, 4) is 6.57 Å². The second-order valence-corrected chi connectivity index (χ2v) is 6.10. The van der Waals surface area contributed by atoms with Crippen LogP contribution in [0.2, 0.25) is 0 Å². The molecule has 1 rings (SSSR count). The van der Waals surface area contributed by atoms with Crippen molar-refractivity contribution >= 4 is 0 Å². The van der Waals surface area contributed by atoms with Crippen LogP contribution in [0.4, 0.5) is 0 Å². The van der Waals surface area contributed by atoms with Gasteiger partial charge in [-0.3, -0.25) is 0 Å². The molecule has 1 saturated heterocycles. The molecular weight excluding hydrogens is 244 g/mol. The van der Waals surface area contributed by atoms with Gasteiger partial charge in [0.25, 0.3) is 0 Å². The van der Waals surface area contributed by atoms with Crippen molar-refractivity contribution in [3.63, 3.8) is 0 Å². The Kier molecular flexibility index (Phi) is 14.4. The first-order chi connectivity index (χ1) is 9.88. The van der Waals surface area contributed by atoms with Crippen LogP contribution in [0.15, 0.2) is 0 Å². The summed E-state index contributed by atoms with van der Waals surface area (Å²) >= 11 is 0. The van der Waals surface area contributed by atoms with E-state index >= 15 is 0 Å². The van der Waals surface area contributed by atoms with Crippen LogP contribution in [0, 0.1) is 11.8 Å². The fourth-order valence-electron chi connectivity index (χ4n) is 3.30. The minimum Gasteiger partial charge on any atom is -0.300 e. The predicted molar refractivity (Wildman–Crippen MR) is 88.8 cm³/mol. The Hall–Kier alpha value is -0.550. The van der Waals surface area contributed by atoms with Crippen LogP contribution < -0.4 is 0 Å². The molecule has 1 heterocycles. The summed E-state index contributed by atoms with van der Waals surface area (Å²) in [6.45, 7) is 10.9. The Labute approximate surface area is 127 Å². The third-order valence-corrected chi connectivity index (χ3v) is 4.42. The summed E-state index contributed by atoms with van der Waals surface area (Å²) < 4.78 is 0. The highest BCUT2D eigenvalue weighted by Crippen LogP contribution is 2.21. The summed E-state index contributed by atoms with van der Waals surface area (Å²) in [5.74, 6) is 0. The van der Waals surface area contributed by atoms with E-state index < -0.39 is 0 Å². The van der Waals surface area contributed by atoms with E-state index in [2.05, 4.69) is 25.3 Å². The maximum atomic E-state index is 6.50. The van der Waals surface area contributed by atoms with E-state index in [1.54, 1.807) is 0 Å². The third-order valence-electron chi connectivity index (χ3n) is 4.42. The SMILES string of the molecule is C#N.CCCCCCCCCCN1CCCC1CCC. The normalized spacial score (nSPS) is 18.7. The zero-order valence-electron chi connectivity index (χ0n) is 13.9. The first kappa shape index (κ1) is 19.4. The second-order valence-electron chi connectivity index (χ2n) is 6.10. The van der Waals surface area contributed by atoms with Crippen LogP contribution in [0.1, 0.15) is 90.9 Å². The molecule has 0 spiro atoms. The number of nitrogens with zero attached hydrogens (tertiary/aromatic N) is 2. The highest BCUT2D eigenvalue weighted by Gasteiger charge is 2.22. The molecular formula is C18H36N2. The standard InChI is InChI=1S/C17H35N.CHN/c1-3-5-6-7-8-9-10-11-15-18-16-12-14-17(18)13-4-2;1-2/h17H,3-16H2,1-2H3;1H. The fraction of sp³-hybridized carbons (Fsp3) is 0.944. The molecule has 0 aromatic carbocycles. The van der Waals surface area contributed by atoms with Gasteiger partial charge in [0.1, 0.15) is 0 Å². The molecule has 1 fully saturated rings. The van der Waals surface area contributed by atoms with Gasteiger partial charge in [0.2, 0.25) is 0 Å². The van der Waals surface area contributed by atoms with Crippen molar-refractivity contribution in [2.45, 2.75) is 96.9 Å². The van der Waals surface area contributed by atoms with E-state index in [-0.39, 0.29) is 0 Å². The minimum atomic E-state index is 0.930. The zero-order valence-corrected chi connectivity index (χ0v) is 13.9. The number of hydrogen-bond donors (Lipinski definition) is 0. The molecule has 0 aliphatic carbocycles.